The minimum Gasteiger partial charge on any atom is -0.399 e. The molecule has 0 saturated carbocycles. The first kappa shape index (κ1) is 16.1. The van der Waals surface area contributed by atoms with Crippen molar-refractivity contribution in [3.05, 3.63) is 23.8 Å². The van der Waals surface area contributed by atoms with Gasteiger partial charge in [-0.05, 0) is 39.1 Å². The van der Waals surface area contributed by atoms with E-state index in [2.05, 4.69) is 0 Å². The molecule has 21 heavy (non-hydrogen) atoms. The van der Waals surface area contributed by atoms with Crippen molar-refractivity contribution in [1.29, 1.82) is 0 Å². The largest absolute Gasteiger partial charge is 0.399 e. The van der Waals surface area contributed by atoms with E-state index in [0.717, 1.165) is 23.0 Å². The maximum absolute atomic E-state index is 13.9. The van der Waals surface area contributed by atoms with Gasteiger partial charge in [-0.3, -0.25) is 0 Å². The molecule has 1 aliphatic heterocycles. The van der Waals surface area contributed by atoms with Gasteiger partial charge in [0, 0.05) is 24.8 Å². The smallest absolute Gasteiger partial charge is 0.249 e. The lowest BCUT2D eigenvalue weighted by Crippen LogP contribution is -2.42. The lowest BCUT2D eigenvalue weighted by molar-refractivity contribution is 0.289. The second-order valence-electron chi connectivity index (χ2n) is 5.39. The molecule has 0 radical (unpaired) electrons. The van der Waals surface area contributed by atoms with Gasteiger partial charge in [-0.1, -0.05) is 0 Å². The van der Waals surface area contributed by atoms with Crippen LogP contribution < -0.4 is 5.73 Å². The summed E-state index contributed by atoms with van der Waals surface area (Å²) in [5.74, 6) is -2.31. The van der Waals surface area contributed by atoms with E-state index in [4.69, 9.17) is 5.73 Å². The summed E-state index contributed by atoms with van der Waals surface area (Å²) >= 11 is 0. The Labute approximate surface area is 123 Å². The maximum Gasteiger partial charge on any atom is 0.249 e. The van der Waals surface area contributed by atoms with Crippen LogP contribution in [0.5, 0.6) is 0 Å². The molecule has 1 heterocycles. The van der Waals surface area contributed by atoms with Gasteiger partial charge in [0.15, 0.2) is 4.90 Å². The Hall–Kier alpha value is -1.25. The number of hydrogen-bond acceptors (Lipinski definition) is 4. The first-order valence-electron chi connectivity index (χ1n) is 6.68. The van der Waals surface area contributed by atoms with Crippen molar-refractivity contribution in [1.82, 2.24) is 9.21 Å². The topological polar surface area (TPSA) is 66.6 Å². The third-order valence-electron chi connectivity index (χ3n) is 3.57. The second kappa shape index (κ2) is 5.86. The quantitative estimate of drug-likeness (QED) is 0.834. The molecule has 5 nitrogen and oxygen atoms in total. The molecular weight excluding hydrogens is 300 g/mol. The lowest BCUT2D eigenvalue weighted by atomic mass is 10.3. The minimum atomic E-state index is -4.23. The highest BCUT2D eigenvalue weighted by Gasteiger charge is 2.35. The van der Waals surface area contributed by atoms with Crippen LogP contribution in [0.1, 0.15) is 13.3 Å². The molecule has 2 rings (SSSR count). The highest BCUT2D eigenvalue weighted by molar-refractivity contribution is 7.89. The zero-order valence-corrected chi connectivity index (χ0v) is 12.8. The van der Waals surface area contributed by atoms with Gasteiger partial charge >= 0.3 is 0 Å². The molecule has 1 aromatic rings. The zero-order chi connectivity index (χ0) is 15.8. The Balaban J connectivity index is 2.47. The predicted octanol–water partition coefficient (Wildman–Crippen LogP) is 1.26. The maximum atomic E-state index is 13.9. The Morgan fingerprint density at radius 3 is 2.38 bits per heavy atom. The molecule has 0 aromatic heterocycles. The molecule has 1 aliphatic rings. The molecule has 0 amide bonds. The van der Waals surface area contributed by atoms with Crippen LogP contribution in [0.4, 0.5) is 14.5 Å². The predicted molar refractivity (Wildman–Crippen MR) is 76.2 cm³/mol. The molecule has 118 valence electrons. The zero-order valence-electron chi connectivity index (χ0n) is 12.0. The van der Waals surface area contributed by atoms with Crippen LogP contribution in [0.3, 0.4) is 0 Å². The van der Waals surface area contributed by atoms with Crippen molar-refractivity contribution in [2.24, 2.45) is 0 Å². The van der Waals surface area contributed by atoms with Gasteiger partial charge in [-0.2, -0.15) is 4.31 Å². The first-order chi connectivity index (χ1) is 9.73. The van der Waals surface area contributed by atoms with E-state index >= 15 is 0 Å². The van der Waals surface area contributed by atoms with Gasteiger partial charge in [0.2, 0.25) is 10.0 Å². The second-order valence-corrected chi connectivity index (χ2v) is 7.22. The van der Waals surface area contributed by atoms with Crippen molar-refractivity contribution < 1.29 is 17.2 Å². The number of nitrogen functional groups attached to an aromatic ring is 1. The van der Waals surface area contributed by atoms with Crippen LogP contribution in [0, 0.1) is 11.6 Å². The molecule has 0 aliphatic carbocycles. The van der Waals surface area contributed by atoms with Gasteiger partial charge in [0.1, 0.15) is 11.6 Å². The van der Waals surface area contributed by atoms with Gasteiger partial charge in [0.05, 0.1) is 0 Å². The third kappa shape index (κ3) is 3.17. The summed E-state index contributed by atoms with van der Waals surface area (Å²) in [6, 6.07) is 1.29. The van der Waals surface area contributed by atoms with Gasteiger partial charge in [0.25, 0.3) is 0 Å². The number of likely N-dealkylation sites (N-methyl/N-ethyl adjacent to an activating group) is 1. The van der Waals surface area contributed by atoms with Gasteiger partial charge < -0.3 is 10.6 Å². The molecule has 0 spiro atoms. The van der Waals surface area contributed by atoms with E-state index in [-0.39, 0.29) is 18.3 Å². The molecule has 8 heteroatoms. The molecule has 2 N–H and O–H groups in total. The van der Waals surface area contributed by atoms with Crippen molar-refractivity contribution >= 4 is 15.7 Å². The number of sulfonamides is 1. The van der Waals surface area contributed by atoms with E-state index in [9.17, 15) is 17.2 Å². The minimum absolute atomic E-state index is 0.146. The van der Waals surface area contributed by atoms with Crippen molar-refractivity contribution in [3.63, 3.8) is 0 Å². The van der Waals surface area contributed by atoms with E-state index in [1.54, 1.807) is 6.92 Å². The summed E-state index contributed by atoms with van der Waals surface area (Å²) < 4.78 is 54.2. The fraction of sp³-hybridized carbons (Fsp3) is 0.538. The fourth-order valence-corrected chi connectivity index (χ4v) is 4.41. The van der Waals surface area contributed by atoms with Crippen LogP contribution in [0.15, 0.2) is 17.0 Å². The third-order valence-corrected chi connectivity index (χ3v) is 5.64. The monoisotopic (exact) mass is 319 g/mol. The number of anilines is 1. The number of nitrogens with two attached hydrogens (primary N) is 1. The van der Waals surface area contributed by atoms with Crippen LogP contribution in [-0.4, -0.2) is 50.3 Å². The molecule has 1 atom stereocenters. The summed E-state index contributed by atoms with van der Waals surface area (Å²) in [7, 11) is -2.35. The highest BCUT2D eigenvalue weighted by atomic mass is 32.2. The molecule has 0 bridgehead atoms. The summed E-state index contributed by atoms with van der Waals surface area (Å²) in [6.45, 7) is 3.21. The SMILES string of the molecule is CC1CN(C)CCCN1S(=O)(=O)c1c(F)cc(N)cc1F. The highest BCUT2D eigenvalue weighted by Crippen LogP contribution is 2.27. The molecule has 1 unspecified atom stereocenters. The standard InChI is InChI=1S/C13H19F2N3O2S/c1-9-8-17(2)4-3-5-18(9)21(19,20)13-11(14)6-10(16)7-12(13)15/h6-7,9H,3-5,8,16H2,1-2H3. The number of nitrogens with zero attached hydrogens (tertiary/aromatic N) is 2. The molecular formula is C13H19F2N3O2S. The van der Waals surface area contributed by atoms with E-state index in [1.807, 2.05) is 11.9 Å². The summed E-state index contributed by atoms with van der Waals surface area (Å²) in [5, 5.41) is 0. The first-order valence-corrected chi connectivity index (χ1v) is 8.12. The Bertz CT molecular complexity index is 613. The van der Waals surface area contributed by atoms with Crippen LogP contribution >= 0.6 is 0 Å². The van der Waals surface area contributed by atoms with E-state index in [1.165, 1.54) is 0 Å². The lowest BCUT2D eigenvalue weighted by Gasteiger charge is -2.27. The van der Waals surface area contributed by atoms with Gasteiger partial charge in [-0.25, -0.2) is 17.2 Å². The van der Waals surface area contributed by atoms with Crippen molar-refractivity contribution in [2.75, 3.05) is 32.4 Å². The Morgan fingerprint density at radius 1 is 1.24 bits per heavy atom. The molecule has 1 aromatic carbocycles. The van der Waals surface area contributed by atoms with Crippen LogP contribution in [0.2, 0.25) is 0 Å². The van der Waals surface area contributed by atoms with Crippen molar-refractivity contribution in [3.8, 4) is 0 Å². The van der Waals surface area contributed by atoms with Crippen LogP contribution in [0.25, 0.3) is 0 Å². The number of benzene rings is 1. The number of hydrogen-bond donors (Lipinski definition) is 1. The average molecular weight is 319 g/mol. The van der Waals surface area contributed by atoms with E-state index in [0.29, 0.717) is 13.0 Å². The fourth-order valence-electron chi connectivity index (χ4n) is 2.65. The normalized spacial score (nSPS) is 22.2. The number of halogens is 2. The summed E-state index contributed by atoms with van der Waals surface area (Å²) in [5.41, 5.74) is 5.18. The summed E-state index contributed by atoms with van der Waals surface area (Å²) in [6.07, 6.45) is 0.609. The number of rotatable bonds is 2. The Kier molecular flexibility index (Phi) is 4.50. The molecule has 1 fully saturated rings. The average Bonchev–Trinajstić information content (AvgIpc) is 2.48. The van der Waals surface area contributed by atoms with Crippen molar-refractivity contribution in [2.45, 2.75) is 24.3 Å². The van der Waals surface area contributed by atoms with Crippen LogP contribution in [-0.2, 0) is 10.0 Å². The molecule has 1 saturated heterocycles. The van der Waals surface area contributed by atoms with Gasteiger partial charge in [-0.15, -0.1) is 0 Å². The Morgan fingerprint density at radius 2 is 1.81 bits per heavy atom. The summed E-state index contributed by atoms with van der Waals surface area (Å²) in [4.78, 5) is 1.07. The van der Waals surface area contributed by atoms with E-state index < -0.39 is 26.6 Å².